The first-order valence-corrected chi connectivity index (χ1v) is 23.9. The quantitative estimate of drug-likeness (QED) is 0.734. The fourth-order valence-corrected chi connectivity index (χ4v) is 81.0. The first-order chi connectivity index (χ1) is 8.01. The maximum Gasteiger partial charge on any atom is -1.00 e. The second kappa shape index (κ2) is 5.63. The zero-order chi connectivity index (χ0) is 14.2. The molecule has 1 atom stereocenters. The van der Waals surface area contributed by atoms with Crippen LogP contribution < -0.4 is 3.26 Å². The standard InChI is InChI=1S/C5H5.C4H10N.C3H9Si.C2H7Si.Zr.2H/c1-2-4-5-3-1;1-4(2,3)5;1-4(2)3;1-3-2;;;/h1-3H,4H2;5H,1-3H3;1-3H3;3H,1-2H3;;;/q;-1;;;+1;2*-1. The van der Waals surface area contributed by atoms with Crippen LogP contribution in [-0.4, -0.2) is 16.7 Å². The topological polar surface area (TPSA) is 12.0 Å². The maximum absolute atomic E-state index is 4.28. The average molecular weight is 363 g/mol. The van der Waals surface area contributed by atoms with Crippen molar-refractivity contribution < 1.29 is 21.7 Å². The van der Waals surface area contributed by atoms with Crippen LogP contribution >= 0.6 is 0 Å². The zero-order valence-corrected chi connectivity index (χ0v) is 18.1. The molecule has 18 heavy (non-hydrogen) atoms. The molecule has 0 amide bonds. The minimum Gasteiger partial charge on any atom is -1.00 e. The fourth-order valence-electron chi connectivity index (χ4n) is 3.46. The number of hydrogen-bond acceptors (Lipinski definition) is 1. The predicted octanol–water partition coefficient (Wildman–Crippen LogP) is 4.33. The Morgan fingerprint density at radius 2 is 1.83 bits per heavy atom. The summed E-state index contributed by atoms with van der Waals surface area (Å²) in [7, 11) is 0. The van der Waals surface area contributed by atoms with Crippen LogP contribution in [0.25, 0.3) is 0 Å². The summed E-state index contributed by atoms with van der Waals surface area (Å²) in [4.78, 5) is 0. The van der Waals surface area contributed by atoms with E-state index >= 15 is 0 Å². The molecule has 0 bridgehead atoms. The van der Waals surface area contributed by atoms with Gasteiger partial charge >= 0.3 is 120 Å². The van der Waals surface area contributed by atoms with Crippen molar-refractivity contribution in [2.75, 3.05) is 0 Å². The van der Waals surface area contributed by atoms with Gasteiger partial charge in [0.05, 0.1) is 0 Å². The SMILES string of the molecule is C[SiH](C)[Zr]([NH]C(C)(C)C)([C]1=CC=CC1)[Si](C)(C)C.[H-].[H-]. The monoisotopic (exact) mass is 361 g/mol. The summed E-state index contributed by atoms with van der Waals surface area (Å²) in [6, 6.07) is 0. The zero-order valence-electron chi connectivity index (χ0n) is 15.5. The van der Waals surface area contributed by atoms with Gasteiger partial charge in [0.1, 0.15) is 0 Å². The van der Waals surface area contributed by atoms with Gasteiger partial charge in [-0.1, -0.05) is 0 Å². The Labute approximate surface area is 122 Å². The summed E-state index contributed by atoms with van der Waals surface area (Å²) in [5.74, 6) is -0.647. The van der Waals surface area contributed by atoms with E-state index in [-0.39, 0.29) is 8.39 Å². The molecule has 0 aromatic heterocycles. The van der Waals surface area contributed by atoms with E-state index in [0.717, 1.165) is 0 Å². The molecule has 0 heterocycles. The van der Waals surface area contributed by atoms with Gasteiger partial charge in [0, 0.05) is 0 Å². The molecule has 0 aromatic rings. The van der Waals surface area contributed by atoms with Gasteiger partial charge in [0.2, 0.25) is 0 Å². The minimum atomic E-state index is -2.36. The Balaban J connectivity index is 0. The summed E-state index contributed by atoms with van der Waals surface area (Å²) in [5, 5.41) is -1.12. The molecule has 0 aliphatic heterocycles. The van der Waals surface area contributed by atoms with E-state index in [1.165, 1.54) is 6.42 Å². The van der Waals surface area contributed by atoms with E-state index in [0.29, 0.717) is 0 Å². The second-order valence-electron chi connectivity index (χ2n) is 7.91. The molecular weight excluding hydrogens is 330 g/mol. The Morgan fingerprint density at radius 1 is 1.28 bits per heavy atom. The maximum atomic E-state index is 4.28. The van der Waals surface area contributed by atoms with Crippen LogP contribution in [0.5, 0.6) is 0 Å². The smallest absolute Gasteiger partial charge is 1.00 e. The third kappa shape index (κ3) is 3.44. The summed E-state index contributed by atoms with van der Waals surface area (Å²) < 4.78 is 6.14. The predicted molar refractivity (Wildman–Crippen MR) is 89.2 cm³/mol. The summed E-state index contributed by atoms with van der Waals surface area (Å²) in [6.07, 6.45) is 8.37. The van der Waals surface area contributed by atoms with Crippen LogP contribution in [0.15, 0.2) is 21.5 Å². The molecule has 0 spiro atoms. The number of rotatable bonds is 4. The second-order valence-corrected chi connectivity index (χ2v) is 53.7. The van der Waals surface area contributed by atoms with Gasteiger partial charge in [-0.25, -0.2) is 0 Å². The normalized spacial score (nSPS) is 20.2. The molecule has 0 aromatic carbocycles. The van der Waals surface area contributed by atoms with E-state index in [9.17, 15) is 0 Å². The van der Waals surface area contributed by atoms with Crippen molar-refractivity contribution in [3.05, 3.63) is 21.5 Å². The van der Waals surface area contributed by atoms with Gasteiger partial charge in [0.15, 0.2) is 0 Å². The molecule has 0 saturated heterocycles. The van der Waals surface area contributed by atoms with Crippen LogP contribution in [0.1, 0.15) is 30.0 Å². The molecule has 1 aliphatic rings. The molecule has 0 radical (unpaired) electrons. The van der Waals surface area contributed by atoms with Crippen molar-refractivity contribution in [1.29, 1.82) is 0 Å². The molecule has 108 valence electrons. The average Bonchev–Trinajstić information content (AvgIpc) is 2.62. The van der Waals surface area contributed by atoms with E-state index in [4.69, 9.17) is 0 Å². The van der Waals surface area contributed by atoms with Gasteiger partial charge in [-0.05, 0) is 0 Å². The molecule has 1 unspecified atom stereocenters. The Hall–Kier alpha value is 0.757. The van der Waals surface area contributed by atoms with E-state index in [2.05, 4.69) is 75.0 Å². The van der Waals surface area contributed by atoms with Crippen molar-refractivity contribution in [3.8, 4) is 0 Å². The minimum absolute atomic E-state index is 0. The first-order valence-electron chi connectivity index (χ1n) is 7.16. The molecule has 0 fully saturated rings. The van der Waals surface area contributed by atoms with E-state index in [1.54, 1.807) is 0 Å². The third-order valence-electron chi connectivity index (χ3n) is 3.90. The van der Waals surface area contributed by atoms with Gasteiger partial charge in [-0.15, -0.1) is 0 Å². The largest absolute Gasteiger partial charge is 1.00 e. The first kappa shape index (κ1) is 16.8. The van der Waals surface area contributed by atoms with Crippen LogP contribution in [-0.2, 0) is 18.9 Å². The van der Waals surface area contributed by atoms with Crippen LogP contribution in [0.4, 0.5) is 0 Å². The molecular formula is C14H33NSi2Zr-2. The molecule has 1 aliphatic carbocycles. The fraction of sp³-hybridized carbons (Fsp3) is 0.714. The van der Waals surface area contributed by atoms with Crippen molar-refractivity contribution in [2.24, 2.45) is 0 Å². The van der Waals surface area contributed by atoms with Gasteiger partial charge in [-0.2, -0.15) is 0 Å². The number of allylic oxidation sites excluding steroid dienone is 4. The van der Waals surface area contributed by atoms with Crippen molar-refractivity contribution in [2.45, 2.75) is 65.5 Å². The van der Waals surface area contributed by atoms with Crippen LogP contribution in [0.2, 0.25) is 32.7 Å². The van der Waals surface area contributed by atoms with Gasteiger partial charge < -0.3 is 2.85 Å². The number of nitrogens with one attached hydrogen (secondary N) is 1. The molecule has 0 saturated carbocycles. The van der Waals surface area contributed by atoms with Crippen LogP contribution in [0, 0.1) is 0 Å². The van der Waals surface area contributed by atoms with Crippen molar-refractivity contribution in [3.63, 3.8) is 0 Å². The van der Waals surface area contributed by atoms with Crippen molar-refractivity contribution in [1.82, 2.24) is 3.26 Å². The van der Waals surface area contributed by atoms with Crippen molar-refractivity contribution >= 4 is 11.1 Å². The molecule has 1 nitrogen and oxygen atoms in total. The molecule has 1 N–H and O–H groups in total. The Bertz CT molecular complexity index is 370. The molecule has 1 rings (SSSR count). The van der Waals surface area contributed by atoms with Gasteiger partial charge in [-0.3, -0.25) is 0 Å². The summed E-state index contributed by atoms with van der Waals surface area (Å²) >= 11 is -2.36. The van der Waals surface area contributed by atoms with E-state index < -0.39 is 30.0 Å². The Morgan fingerprint density at radius 3 is 2.11 bits per heavy atom. The van der Waals surface area contributed by atoms with Gasteiger partial charge in [0.25, 0.3) is 0 Å². The third-order valence-corrected chi connectivity index (χ3v) is 75.7. The summed E-state index contributed by atoms with van der Waals surface area (Å²) in [6.45, 7) is 20.1. The number of hydrogen-bond donors (Lipinski definition) is 1. The molecule has 4 heteroatoms. The van der Waals surface area contributed by atoms with Crippen LogP contribution in [0.3, 0.4) is 0 Å². The van der Waals surface area contributed by atoms with E-state index in [1.807, 2.05) is 3.28 Å². The summed E-state index contributed by atoms with van der Waals surface area (Å²) in [5.41, 5.74) is 0.275. The Kier molecular flexibility index (Phi) is 5.26.